The van der Waals surface area contributed by atoms with Gasteiger partial charge in [0.15, 0.2) is 34.8 Å². The number of carbonyl (C=O) groups excluding carboxylic acids is 4. The maximum Gasteiger partial charge on any atom is 0.191 e. The molecule has 0 spiro atoms. The van der Waals surface area contributed by atoms with E-state index in [0.717, 1.165) is 24.3 Å². The summed E-state index contributed by atoms with van der Waals surface area (Å²) in [4.78, 5) is 67.0. The normalized spacial score (nSPS) is 11.9. The summed E-state index contributed by atoms with van der Waals surface area (Å²) in [5.74, 6) is -4.23. The number of fused-ring (bicyclic) bond motifs is 4. The van der Waals surface area contributed by atoms with Gasteiger partial charge in [-0.25, -0.2) is 39.5 Å². The number of hydrogen-bond donors (Lipinski definition) is 16. The van der Waals surface area contributed by atoms with Crippen molar-refractivity contribution >= 4 is 89.5 Å². The second kappa shape index (κ2) is 48.3. The molecule has 4 heterocycles. The monoisotopic (exact) mass is 1970 g/mol. The van der Waals surface area contributed by atoms with Crippen LogP contribution in [-0.2, 0) is 26.4 Å². The molecule has 16 aromatic rings. The lowest BCUT2D eigenvalue weighted by Crippen LogP contribution is -2.23. The van der Waals surface area contributed by atoms with Gasteiger partial charge in [-0.3, -0.25) is 19.2 Å². The zero-order chi connectivity index (χ0) is 102. The fraction of sp³-hybridized carbons (Fsp3) is 0.208. The van der Waals surface area contributed by atoms with E-state index in [2.05, 4.69) is 41.2 Å². The molecule has 12 aromatic carbocycles. The van der Waals surface area contributed by atoms with Gasteiger partial charge in [-0.2, -0.15) is 0 Å². The van der Waals surface area contributed by atoms with Gasteiger partial charge in [0.05, 0.1) is 92.3 Å². The highest BCUT2D eigenvalue weighted by atomic mass is 19.2. The lowest BCUT2D eigenvalue weighted by molar-refractivity contribution is 0.0962. The van der Waals surface area contributed by atoms with Crippen molar-refractivity contribution in [2.45, 2.75) is 64.4 Å². The van der Waals surface area contributed by atoms with Crippen LogP contribution in [0.3, 0.4) is 0 Å². The molecule has 37 heteroatoms. The lowest BCUT2D eigenvalue weighted by Gasteiger charge is -2.22. The van der Waals surface area contributed by atoms with Crippen molar-refractivity contribution in [1.29, 1.82) is 0 Å². The number of aliphatic hydroxyl groups is 8. The summed E-state index contributed by atoms with van der Waals surface area (Å²) in [7, 11) is 5.88. The number of rotatable bonds is 40. The molecule has 16 N–H and O–H groups in total. The molecule has 143 heavy (non-hydrogen) atoms. The average Bonchev–Trinajstić information content (AvgIpc) is 1.80. The number of nitrogens with one attached hydrogen (secondary N) is 8. The van der Waals surface area contributed by atoms with Crippen molar-refractivity contribution in [3.05, 3.63) is 355 Å². The molecule has 746 valence electrons. The van der Waals surface area contributed by atoms with Crippen LogP contribution in [0, 0.1) is 66.2 Å². The van der Waals surface area contributed by atoms with Crippen LogP contribution < -0.4 is 59.2 Å². The number of aromatic nitrogens is 4. The largest absolute Gasteiger partial charge is 0.497 e. The molecule has 0 bridgehead atoms. The molecule has 0 aliphatic carbocycles. The maximum atomic E-state index is 14.3. The van der Waals surface area contributed by atoms with Gasteiger partial charge in [-0.05, 0) is 167 Å². The Morgan fingerprint density at radius 2 is 0.580 bits per heavy atom. The minimum absolute atomic E-state index is 0.0268. The summed E-state index contributed by atoms with van der Waals surface area (Å²) in [6, 6.07) is 42.0. The number of ketones is 4. The number of aromatic amines is 4. The van der Waals surface area contributed by atoms with Crippen LogP contribution in [0.1, 0.15) is 121 Å². The predicted molar refractivity (Wildman–Crippen MR) is 517 cm³/mol. The Morgan fingerprint density at radius 1 is 0.294 bits per heavy atom. The van der Waals surface area contributed by atoms with E-state index >= 15 is 0 Å². The van der Waals surface area contributed by atoms with Gasteiger partial charge >= 0.3 is 0 Å². The van der Waals surface area contributed by atoms with Crippen molar-refractivity contribution in [2.75, 3.05) is 103 Å². The highest BCUT2D eigenvalue weighted by Gasteiger charge is 2.34. The van der Waals surface area contributed by atoms with E-state index in [-0.39, 0.29) is 114 Å². The first-order valence-electron chi connectivity index (χ1n) is 44.3. The number of halogens is 9. The van der Waals surface area contributed by atoms with Crippen LogP contribution in [-0.4, -0.2) is 165 Å². The summed E-state index contributed by atoms with van der Waals surface area (Å²) in [5, 5.41) is 90.1. The van der Waals surface area contributed by atoms with E-state index in [1.165, 1.54) is 156 Å². The zero-order valence-electron chi connectivity index (χ0n) is 77.5. The third-order valence-corrected chi connectivity index (χ3v) is 23.0. The van der Waals surface area contributed by atoms with Crippen molar-refractivity contribution in [3.63, 3.8) is 0 Å². The number of carbonyl (C=O) groups is 4. The fourth-order valence-electron chi connectivity index (χ4n) is 16.2. The minimum Gasteiger partial charge on any atom is -0.497 e. The minimum atomic E-state index is -1.17. The van der Waals surface area contributed by atoms with Crippen molar-refractivity contribution in [1.82, 2.24) is 19.9 Å². The Bertz CT molecular complexity index is 7050. The van der Waals surface area contributed by atoms with Crippen LogP contribution in [0.4, 0.5) is 62.3 Å². The van der Waals surface area contributed by atoms with E-state index in [1.807, 2.05) is 0 Å². The number of Topliss-reactive ketones (excluding diaryl/α,β-unsaturated/α-hetero) is 4. The van der Waals surface area contributed by atoms with Crippen molar-refractivity contribution < 1.29 is 137 Å². The zero-order valence-corrected chi connectivity index (χ0v) is 77.5. The predicted octanol–water partition coefficient (Wildman–Crippen LogP) is 18.2. The maximum absolute atomic E-state index is 14.3. The van der Waals surface area contributed by atoms with Gasteiger partial charge in [0.2, 0.25) is 0 Å². The molecule has 4 aromatic heterocycles. The van der Waals surface area contributed by atoms with Gasteiger partial charge < -0.3 is 120 Å². The topological polar surface area (TPSA) is 415 Å². The highest BCUT2D eigenvalue weighted by molar-refractivity contribution is 6.15. The number of aliphatic hydroxyl groups excluding tert-OH is 8. The average molecular weight is 1980 g/mol. The molecule has 16 rings (SSSR count). The van der Waals surface area contributed by atoms with Gasteiger partial charge in [-0.15, -0.1) is 0 Å². The van der Waals surface area contributed by atoms with Crippen LogP contribution in [0.5, 0.6) is 46.0 Å². The van der Waals surface area contributed by atoms with E-state index < -0.39 is 115 Å². The van der Waals surface area contributed by atoms with Crippen LogP contribution in [0.25, 0.3) is 43.6 Å². The summed E-state index contributed by atoms with van der Waals surface area (Å²) in [6.45, 7) is 0.780. The Morgan fingerprint density at radius 3 is 0.923 bits per heavy atom. The molecule has 0 aliphatic rings. The second-order valence-electron chi connectivity index (χ2n) is 32.2. The number of hydrogen-bond acceptors (Lipinski definition) is 24. The molecule has 0 radical (unpaired) electrons. The molecule has 28 nitrogen and oxygen atoms in total. The first kappa shape index (κ1) is 104. The number of methoxy groups -OCH3 is 4. The van der Waals surface area contributed by atoms with E-state index in [0.29, 0.717) is 140 Å². The summed E-state index contributed by atoms with van der Waals surface area (Å²) < 4.78 is 169. The number of ether oxygens (including phenoxy) is 8. The third-order valence-electron chi connectivity index (χ3n) is 23.0. The number of aryl methyl sites for hydroxylation is 2. The van der Waals surface area contributed by atoms with Gasteiger partial charge in [-0.1, -0.05) is 24.3 Å². The SMILES string of the molecule is COc1cc(NC(C(=O)c2c[nH]c3c(C)c(F)ccc23)c2ccc(F)cc2CO)cc(OCCO)c1.COc1cc(NC(C(=O)c2c[nH]c3c(C)cc(F)cc23)c2ccc(F)cc2CO)cc(OCCO)c1.COc1cc(NC(C(=O)c2c[nH]c3c(F)c(F)ccc23)c2ccc(F)cc2CO)cc(OCCO)c1.COc1cc(NC(C(=O)c2c[nH]c3cc(F)ccc23)c2ccc(F)cc2CO)cc(OCCO)c1. The molecule has 4 atom stereocenters. The second-order valence-corrected chi connectivity index (χ2v) is 32.2. The standard InChI is InChI=1S/2C27H26F2N2O5.C26H23F3N2O5.C26H24F2N2O5/c1-15-7-18(29)9-23-24(13-30-25(15)23)27(34)26(22-4-3-17(28)8-16(22)14-33)31-19-10-20(35-2)12-21(11-19)36-6-5-32;1-15-24(29)6-5-22-23(13-30-25(15)22)27(34)26(21-4-3-17(28)9-16(21)14-33)31-18-10-19(35-2)12-20(11-18)36-8-7-32;1-35-17-9-16(10-18(11-17)36-7-6-32)31-25(19-3-2-15(27)8-14(19)13-33)26(34)21-12-30-24-20(21)4-5-22(28)23(24)29;1-34-19-10-18(11-20(12-19)35-7-6-31)30-25(21-4-2-16(27)8-15(21)14-32)26(33)23-13-29-24-9-17(28)3-5-22(23)24/h3-4,7-13,26,30-33H,5-6,14H2,1-2H3;3-6,9-13,26,30-33H,7-8,14H2,1-2H3;2-5,8-12,25,30-33H,6-7,13H2,1H3;2-5,8-13,25,29-32H,6-7,14H2,1H3. The molecule has 0 amide bonds. The first-order valence-corrected chi connectivity index (χ1v) is 44.3. The molecule has 0 saturated heterocycles. The van der Waals surface area contributed by atoms with E-state index in [4.69, 9.17) is 58.3 Å². The molecule has 0 aliphatic heterocycles. The summed E-state index contributed by atoms with van der Waals surface area (Å²) >= 11 is 0. The quantitative estimate of drug-likeness (QED) is 0.0125. The molecule has 4 unspecified atom stereocenters. The van der Waals surface area contributed by atoms with Crippen molar-refractivity contribution in [3.8, 4) is 46.0 Å². The molecule has 0 fully saturated rings. The number of anilines is 4. The lowest BCUT2D eigenvalue weighted by atomic mass is 9.92. The molecule has 0 saturated carbocycles. The molecular weight excluding hydrogens is 1880 g/mol. The van der Waals surface area contributed by atoms with Crippen LogP contribution in [0.15, 0.2) is 225 Å². The Balaban J connectivity index is 0.000000160. The van der Waals surface area contributed by atoms with Crippen LogP contribution >= 0.6 is 0 Å². The smallest absolute Gasteiger partial charge is 0.191 e. The number of H-pyrrole nitrogens is 4. The van der Waals surface area contributed by atoms with Crippen molar-refractivity contribution in [2.24, 2.45) is 0 Å². The number of benzene rings is 12. The Hall–Kier alpha value is -15.9. The van der Waals surface area contributed by atoms with Crippen LogP contribution in [0.2, 0.25) is 0 Å². The fourth-order valence-corrected chi connectivity index (χ4v) is 16.2. The summed E-state index contributed by atoms with van der Waals surface area (Å²) in [6.07, 6.45) is 5.79. The third kappa shape index (κ3) is 24.9. The first-order chi connectivity index (χ1) is 69.0. The Kier molecular flexibility index (Phi) is 35.3. The highest BCUT2D eigenvalue weighted by Crippen LogP contribution is 2.42. The van der Waals surface area contributed by atoms with E-state index in [9.17, 15) is 79.1 Å². The summed E-state index contributed by atoms with van der Waals surface area (Å²) in [5.41, 5.74) is 7.31. The van der Waals surface area contributed by atoms with E-state index in [1.54, 1.807) is 86.6 Å². The molecular formula is C106H99F9N8O20. The van der Waals surface area contributed by atoms with Gasteiger partial charge in [0.25, 0.3) is 0 Å². The van der Waals surface area contributed by atoms with Gasteiger partial charge in [0.1, 0.15) is 137 Å². The van der Waals surface area contributed by atoms with Gasteiger partial charge in [0, 0.05) is 181 Å². The Labute approximate surface area is 811 Å².